The fourth-order valence-electron chi connectivity index (χ4n) is 12.7. The number of rotatable bonds is 13. The van der Waals surface area contributed by atoms with Gasteiger partial charge in [-0.2, -0.15) is 23.0 Å². The van der Waals surface area contributed by atoms with E-state index in [0.717, 1.165) is 106 Å². The molecular weight excluding hydrogens is 1670 g/mol. The van der Waals surface area contributed by atoms with Crippen LogP contribution >= 0.6 is 24.4 Å². The molecule has 0 radical (unpaired) electrons. The smallest absolute Gasteiger partial charge is 0.374 e. The summed E-state index contributed by atoms with van der Waals surface area (Å²) in [6, 6.07) is 73.0. The van der Waals surface area contributed by atoms with Crippen molar-refractivity contribution >= 4 is 52.6 Å². The molecule has 0 amide bonds. The second-order valence-electron chi connectivity index (χ2n) is 29.7. The molecule has 648 valence electrons. The Hall–Kier alpha value is -15.3. The van der Waals surface area contributed by atoms with E-state index in [2.05, 4.69) is 182 Å². The van der Waals surface area contributed by atoms with Gasteiger partial charge >= 0.3 is 29.5 Å². The van der Waals surface area contributed by atoms with Crippen molar-refractivity contribution in [2.24, 2.45) is 0 Å². The van der Waals surface area contributed by atoms with Gasteiger partial charge in [0.1, 0.15) is 29.4 Å². The molecule has 0 saturated carbocycles. The molecule has 0 aliphatic carbocycles. The number of aromatic amines is 4. The molecule has 9 aromatic carbocycles. The Bertz CT molecular complexity index is 6790. The first-order chi connectivity index (χ1) is 61.0. The van der Waals surface area contributed by atoms with Gasteiger partial charge < -0.3 is 20.2 Å². The molecule has 0 spiro atoms. The number of nitrogens with one attached hydrogen (secondary N) is 4. The van der Waals surface area contributed by atoms with Gasteiger partial charge in [-0.1, -0.05) is 191 Å². The monoisotopic (exact) mass is 1760 g/mol. The average Bonchev–Trinajstić information content (AvgIpc) is 0.949. The van der Waals surface area contributed by atoms with Crippen LogP contribution in [0.3, 0.4) is 0 Å². The molecule has 0 saturated heterocycles. The Kier molecular flexibility index (Phi) is 34.6. The Balaban J connectivity index is 0.000000169. The number of aromatic nitrogens is 15. The maximum absolute atomic E-state index is 11.1. The third-order valence-electron chi connectivity index (χ3n) is 19.4. The Morgan fingerprint density at radius 3 is 1.18 bits per heavy atom. The summed E-state index contributed by atoms with van der Waals surface area (Å²) in [6.45, 7) is 28.1. The molecule has 128 heavy (non-hydrogen) atoms. The van der Waals surface area contributed by atoms with Gasteiger partial charge in [-0.05, 0) is 272 Å². The number of aryl methyl sites for hydroxylation is 14. The van der Waals surface area contributed by atoms with Crippen LogP contribution in [-0.2, 0) is 30.9 Å². The zero-order chi connectivity index (χ0) is 92.9. The molecular formula is C99H93N15O11S3. The first-order valence-corrected chi connectivity index (χ1v) is 42.0. The van der Waals surface area contributed by atoms with E-state index in [1.165, 1.54) is 57.4 Å². The van der Waals surface area contributed by atoms with E-state index in [0.29, 0.717) is 50.1 Å². The minimum absolute atomic E-state index is 0.0865. The van der Waals surface area contributed by atoms with Gasteiger partial charge in [0.25, 0.3) is 10.1 Å². The van der Waals surface area contributed by atoms with Crippen LogP contribution in [0.4, 0.5) is 0 Å². The Labute approximate surface area is 750 Å². The number of nitrogens with zero attached hydrogens (tertiary/aromatic N) is 11. The molecule has 0 bridgehead atoms. The van der Waals surface area contributed by atoms with Crippen molar-refractivity contribution in [1.82, 2.24) is 74.8 Å². The zero-order valence-electron chi connectivity index (χ0n) is 72.7. The van der Waals surface area contributed by atoms with Crippen LogP contribution in [0.1, 0.15) is 94.1 Å². The van der Waals surface area contributed by atoms with Gasteiger partial charge in [-0.15, -0.1) is 0 Å². The normalized spacial score (nSPS) is 10.4. The lowest BCUT2D eigenvalue weighted by atomic mass is 9.96. The van der Waals surface area contributed by atoms with E-state index in [9.17, 15) is 27.6 Å². The van der Waals surface area contributed by atoms with E-state index >= 15 is 0 Å². The fraction of sp³-hybridized carbons (Fsp3) is 0.152. The number of H-pyrrole nitrogens is 4. The molecule has 7 heterocycles. The van der Waals surface area contributed by atoms with Gasteiger partial charge in [0.15, 0.2) is 28.1 Å². The van der Waals surface area contributed by atoms with Crippen LogP contribution in [0.25, 0.3) is 102 Å². The molecule has 0 aliphatic rings. The van der Waals surface area contributed by atoms with Crippen LogP contribution in [-0.4, -0.2) is 116 Å². The van der Waals surface area contributed by atoms with E-state index in [-0.39, 0.29) is 23.3 Å². The largest absolute Gasteiger partial charge is 0.481 e. The predicted molar refractivity (Wildman–Crippen MR) is 501 cm³/mol. The molecule has 16 aromatic rings. The molecule has 7 N–H and O–H groups in total. The number of aliphatic carboxylic acids is 1. The maximum Gasteiger partial charge on any atom is 0.374 e. The minimum atomic E-state index is -4.12. The van der Waals surface area contributed by atoms with Crippen molar-refractivity contribution in [1.29, 1.82) is 0 Å². The quantitative estimate of drug-likeness (QED) is 0.0416. The third-order valence-corrected chi connectivity index (χ3v) is 20.7. The first kappa shape index (κ1) is 96.6. The summed E-state index contributed by atoms with van der Waals surface area (Å²) < 4.78 is 31.7. The number of carbonyl (C=O) groups is 2. The van der Waals surface area contributed by atoms with Crippen LogP contribution in [0.2, 0.25) is 0 Å². The number of hydrogen-bond donors (Lipinski definition) is 7. The third kappa shape index (κ3) is 28.7. The van der Waals surface area contributed by atoms with E-state index in [1.807, 2.05) is 202 Å². The van der Waals surface area contributed by atoms with E-state index in [1.54, 1.807) is 24.5 Å². The second kappa shape index (κ2) is 45.9. The number of hydrogen-bond acceptors (Lipinski definition) is 21. The minimum Gasteiger partial charge on any atom is -0.481 e. The van der Waals surface area contributed by atoms with E-state index < -0.39 is 33.4 Å². The van der Waals surface area contributed by atoms with Gasteiger partial charge in [0.2, 0.25) is 10.6 Å². The first-order valence-electron chi connectivity index (χ1n) is 39.8. The number of pyridine rings is 3. The number of carboxylic acid groups (broad SMARTS) is 2. The summed E-state index contributed by atoms with van der Waals surface area (Å²) in [7, 11) is -4.12. The molecule has 0 fully saturated rings. The molecule has 0 unspecified atom stereocenters. The SMILES string of the molecule is Cc1ccc(C)c(-c2ccc(-c3ccncc3)cc2)c1.Cc1ccc(C)c(-c2ccc(S(=O)(=O)O)cc2)c1.Cc1ccc(C)c(-c2nc(-c3ccccn3)nc(-c3ccccn3)n2)c1.Cc1ccc(C)c(-c2nc(=O)[nH]c(=O)[nH]2)c1.Cc1ccc(C)c(-c2nc(=S)[nH]c(=S)[nH]2)c1.Cc1ccc(C)c(-c2ncnc(C(=O)O)n2)c1.Cc1ccc(C)c(CC(=O)O)c1.O=C=O. The lowest BCUT2D eigenvalue weighted by Gasteiger charge is -2.09. The Morgan fingerprint density at radius 2 is 0.758 bits per heavy atom. The summed E-state index contributed by atoms with van der Waals surface area (Å²) in [5, 5.41) is 17.4. The standard InChI is InChI=1S/C21H17N5.C19H17N.C14H14O3S.C12H11N3O2.C11H11N3O2.C11H11N3S2.C10H12O2.CO2/c1-14-9-10-15(2)16(13-14)19-24-20(17-7-3-5-11-22-17)26-21(25-19)18-8-4-6-12-23-18;1-14-3-4-15(2)19(13-14)18-7-5-16(6-8-18)17-9-11-20-12-10-17;1-10-3-4-11(2)14(9-10)12-5-7-13(8-6-12)18(15,16)17;1-7-3-4-8(2)9(5-7)10-13-6-14-11(15-10)12(16)17;2*1-6-3-4-7(2)8(5-6)9-12-10(15)14-11(16)13-9;1-7-3-4-8(2)9(5-7)6-10(11)12;2-1-3/h3-13H,1-2H3;3-13H,1-2H3;3-9H,1-2H3,(H,15,16,17);3-6H,1-2H3,(H,16,17);2*3-5H,1-2H3,(H2,12,13,14,15,16);3-5H,6H2,1-2H3,(H,11,12);. The lowest BCUT2D eigenvalue weighted by molar-refractivity contribution is -0.191. The van der Waals surface area contributed by atoms with Gasteiger partial charge in [-0.25, -0.2) is 49.3 Å². The molecule has 0 atom stereocenters. The lowest BCUT2D eigenvalue weighted by Crippen LogP contribution is -2.25. The van der Waals surface area contributed by atoms with Crippen LogP contribution in [0.5, 0.6) is 0 Å². The van der Waals surface area contributed by atoms with Crippen molar-refractivity contribution in [3.8, 4) is 102 Å². The number of aromatic carboxylic acids is 1. The summed E-state index contributed by atoms with van der Waals surface area (Å²) in [5.41, 5.74) is 27.5. The highest BCUT2D eigenvalue weighted by Crippen LogP contribution is 2.32. The molecule has 0 aliphatic heterocycles. The van der Waals surface area contributed by atoms with E-state index in [4.69, 9.17) is 48.8 Å². The molecule has 26 nitrogen and oxygen atoms in total. The van der Waals surface area contributed by atoms with Gasteiger partial charge in [0, 0.05) is 47.0 Å². The second-order valence-corrected chi connectivity index (χ2v) is 31.9. The molecule has 7 aromatic heterocycles. The molecule has 29 heteroatoms. The van der Waals surface area contributed by atoms with Crippen molar-refractivity contribution in [3.05, 3.63) is 375 Å². The average molecular weight is 1770 g/mol. The highest BCUT2D eigenvalue weighted by molar-refractivity contribution is 7.85. The summed E-state index contributed by atoms with van der Waals surface area (Å²) in [5.74, 6) is 0.943. The van der Waals surface area contributed by atoms with Crippen LogP contribution in [0.15, 0.2) is 270 Å². The van der Waals surface area contributed by atoms with Gasteiger partial charge in [0.05, 0.1) is 11.3 Å². The highest BCUT2D eigenvalue weighted by Gasteiger charge is 2.18. The van der Waals surface area contributed by atoms with Gasteiger partial charge in [-0.3, -0.25) is 34.3 Å². The molecule has 16 rings (SSSR count). The predicted octanol–water partition coefficient (Wildman–Crippen LogP) is 20.0. The maximum atomic E-state index is 11.1. The van der Waals surface area contributed by atoms with Crippen molar-refractivity contribution in [2.45, 2.75) is 108 Å². The van der Waals surface area contributed by atoms with Crippen LogP contribution < -0.4 is 11.4 Å². The fourth-order valence-corrected chi connectivity index (χ4v) is 13.6. The summed E-state index contributed by atoms with van der Waals surface area (Å²) in [6.07, 6.45) is 8.71. The van der Waals surface area contributed by atoms with Crippen molar-refractivity contribution in [3.63, 3.8) is 0 Å². The highest BCUT2D eigenvalue weighted by atomic mass is 32.2. The van der Waals surface area contributed by atoms with Crippen molar-refractivity contribution < 1.29 is 42.4 Å². The Morgan fingerprint density at radius 1 is 0.375 bits per heavy atom. The summed E-state index contributed by atoms with van der Waals surface area (Å²) >= 11 is 10.1. The summed E-state index contributed by atoms with van der Waals surface area (Å²) in [4.78, 5) is 116. The topological polar surface area (TPSA) is 402 Å². The van der Waals surface area contributed by atoms with Crippen LogP contribution in [0, 0.1) is 106 Å². The number of carbonyl (C=O) groups excluding carboxylic acids is 2. The zero-order valence-corrected chi connectivity index (χ0v) is 75.2. The van der Waals surface area contributed by atoms with Crippen molar-refractivity contribution in [2.75, 3.05) is 0 Å². The number of benzene rings is 9. The number of carboxylic acids is 2.